The Morgan fingerprint density at radius 1 is 1.38 bits per heavy atom. The van der Waals surface area contributed by atoms with Gasteiger partial charge in [0.2, 0.25) is 5.91 Å². The van der Waals surface area contributed by atoms with Crippen LogP contribution in [0.1, 0.15) is 24.0 Å². The Bertz CT molecular complexity index is 727. The van der Waals surface area contributed by atoms with E-state index in [1.165, 1.54) is 16.5 Å². The smallest absolute Gasteiger partial charge is 0.220 e. The summed E-state index contributed by atoms with van der Waals surface area (Å²) in [7, 11) is 0. The summed E-state index contributed by atoms with van der Waals surface area (Å²) in [6.07, 6.45) is 1.57. The van der Waals surface area contributed by atoms with E-state index in [4.69, 9.17) is 9.72 Å². The Morgan fingerprint density at radius 2 is 2.25 bits per heavy atom. The van der Waals surface area contributed by atoms with Crippen LogP contribution in [0, 0.1) is 19.8 Å². The van der Waals surface area contributed by atoms with Gasteiger partial charge >= 0.3 is 0 Å². The standard InChI is InChI=1S/C19H24N2O2S/c1-13-3-4-17-16(9-13)14(2)10-19(21-17)24-8-6-18(22)20-11-15-5-7-23-12-15/h3-4,9-10,15H,5-8,11-12H2,1-2H3,(H,20,22)/t15-/m1/s1. The van der Waals surface area contributed by atoms with Crippen molar-refractivity contribution in [3.05, 3.63) is 35.4 Å². The van der Waals surface area contributed by atoms with Gasteiger partial charge in [-0.3, -0.25) is 4.79 Å². The van der Waals surface area contributed by atoms with Crippen molar-refractivity contribution in [2.24, 2.45) is 5.92 Å². The Hall–Kier alpha value is -1.59. The maximum atomic E-state index is 11.9. The van der Waals surface area contributed by atoms with Gasteiger partial charge in [-0.1, -0.05) is 11.6 Å². The van der Waals surface area contributed by atoms with Gasteiger partial charge in [-0.15, -0.1) is 11.8 Å². The number of benzene rings is 1. The van der Waals surface area contributed by atoms with Crippen LogP contribution in [0.5, 0.6) is 0 Å². The molecule has 1 aromatic carbocycles. The molecule has 0 aliphatic carbocycles. The number of hydrogen-bond donors (Lipinski definition) is 1. The van der Waals surface area contributed by atoms with Crippen molar-refractivity contribution < 1.29 is 9.53 Å². The Kier molecular flexibility index (Phi) is 5.74. The molecule has 0 bridgehead atoms. The van der Waals surface area contributed by atoms with E-state index in [0.717, 1.165) is 42.5 Å². The fourth-order valence-corrected chi connectivity index (χ4v) is 3.81. The van der Waals surface area contributed by atoms with Crippen molar-refractivity contribution in [1.82, 2.24) is 10.3 Å². The number of rotatable bonds is 6. The molecule has 1 amide bonds. The molecule has 0 saturated carbocycles. The van der Waals surface area contributed by atoms with Crippen molar-refractivity contribution in [2.75, 3.05) is 25.5 Å². The van der Waals surface area contributed by atoms with E-state index in [1.807, 2.05) is 0 Å². The first kappa shape index (κ1) is 17.2. The number of thioether (sulfide) groups is 1. The first-order valence-electron chi connectivity index (χ1n) is 8.47. The lowest BCUT2D eigenvalue weighted by Crippen LogP contribution is -2.29. The third-order valence-corrected chi connectivity index (χ3v) is 5.25. The summed E-state index contributed by atoms with van der Waals surface area (Å²) in [5.74, 6) is 1.34. The number of fused-ring (bicyclic) bond motifs is 1. The van der Waals surface area contributed by atoms with Crippen LogP contribution in [-0.4, -0.2) is 36.4 Å². The first-order chi connectivity index (χ1) is 11.6. The SMILES string of the molecule is Cc1ccc2nc(SCCC(=O)NC[C@H]3CCOC3)cc(C)c2c1. The highest BCUT2D eigenvalue weighted by atomic mass is 32.2. The van der Waals surface area contributed by atoms with E-state index < -0.39 is 0 Å². The molecule has 1 aliphatic heterocycles. The molecule has 1 aromatic heterocycles. The molecule has 5 heteroatoms. The predicted molar refractivity (Wildman–Crippen MR) is 98.5 cm³/mol. The zero-order chi connectivity index (χ0) is 16.9. The molecule has 1 fully saturated rings. The van der Waals surface area contributed by atoms with Crippen LogP contribution in [0.3, 0.4) is 0 Å². The second-order valence-corrected chi connectivity index (χ2v) is 7.55. The number of nitrogens with one attached hydrogen (secondary N) is 1. The van der Waals surface area contributed by atoms with Gasteiger partial charge < -0.3 is 10.1 Å². The molecule has 1 saturated heterocycles. The van der Waals surface area contributed by atoms with Crippen LogP contribution in [0.4, 0.5) is 0 Å². The average Bonchev–Trinajstić information content (AvgIpc) is 3.07. The average molecular weight is 344 g/mol. The molecule has 0 spiro atoms. The van der Waals surface area contributed by atoms with Crippen molar-refractivity contribution in [3.8, 4) is 0 Å². The second-order valence-electron chi connectivity index (χ2n) is 6.43. The van der Waals surface area contributed by atoms with Gasteiger partial charge in [-0.25, -0.2) is 4.98 Å². The maximum absolute atomic E-state index is 11.9. The number of hydrogen-bond acceptors (Lipinski definition) is 4. The van der Waals surface area contributed by atoms with Gasteiger partial charge in [-0.2, -0.15) is 0 Å². The summed E-state index contributed by atoms with van der Waals surface area (Å²) >= 11 is 1.64. The van der Waals surface area contributed by atoms with Gasteiger partial charge in [0, 0.05) is 36.6 Å². The molecule has 1 atom stereocenters. The zero-order valence-corrected chi connectivity index (χ0v) is 15.1. The van der Waals surface area contributed by atoms with E-state index >= 15 is 0 Å². The molecule has 2 heterocycles. The van der Waals surface area contributed by atoms with Crippen molar-refractivity contribution in [3.63, 3.8) is 0 Å². The van der Waals surface area contributed by atoms with Crippen LogP contribution < -0.4 is 5.32 Å². The van der Waals surface area contributed by atoms with Crippen LogP contribution in [0.25, 0.3) is 10.9 Å². The van der Waals surface area contributed by atoms with Crippen LogP contribution in [0.15, 0.2) is 29.3 Å². The minimum absolute atomic E-state index is 0.113. The van der Waals surface area contributed by atoms with E-state index in [0.29, 0.717) is 12.3 Å². The van der Waals surface area contributed by atoms with Gasteiger partial charge in [0.1, 0.15) is 0 Å². The summed E-state index contributed by atoms with van der Waals surface area (Å²) in [5.41, 5.74) is 3.50. The largest absolute Gasteiger partial charge is 0.381 e. The van der Waals surface area contributed by atoms with Crippen molar-refractivity contribution in [1.29, 1.82) is 0 Å². The Labute approximate surface area is 147 Å². The molecular weight excluding hydrogens is 320 g/mol. The normalized spacial score (nSPS) is 17.3. The van der Waals surface area contributed by atoms with Crippen LogP contribution >= 0.6 is 11.8 Å². The highest BCUT2D eigenvalue weighted by molar-refractivity contribution is 7.99. The number of carbonyl (C=O) groups excluding carboxylic acids is 1. The quantitative estimate of drug-likeness (QED) is 0.815. The van der Waals surface area contributed by atoms with Crippen LogP contribution in [-0.2, 0) is 9.53 Å². The topological polar surface area (TPSA) is 51.2 Å². The minimum Gasteiger partial charge on any atom is -0.381 e. The predicted octanol–water partition coefficient (Wildman–Crippen LogP) is 3.49. The summed E-state index contributed by atoms with van der Waals surface area (Å²) in [6, 6.07) is 8.44. The van der Waals surface area contributed by atoms with Gasteiger partial charge in [0.15, 0.2) is 0 Å². The Balaban J connectivity index is 1.50. The number of amides is 1. The lowest BCUT2D eigenvalue weighted by atomic mass is 10.1. The van der Waals surface area contributed by atoms with E-state index in [1.54, 1.807) is 11.8 Å². The van der Waals surface area contributed by atoms with E-state index in [-0.39, 0.29) is 5.91 Å². The summed E-state index contributed by atoms with van der Waals surface area (Å²) < 4.78 is 5.32. The Morgan fingerprint density at radius 3 is 3.04 bits per heavy atom. The third kappa shape index (κ3) is 4.48. The molecule has 1 aliphatic rings. The minimum atomic E-state index is 0.113. The summed E-state index contributed by atoms with van der Waals surface area (Å²) in [4.78, 5) is 16.6. The fraction of sp³-hybridized carbons (Fsp3) is 0.474. The summed E-state index contributed by atoms with van der Waals surface area (Å²) in [6.45, 7) is 6.54. The molecule has 24 heavy (non-hydrogen) atoms. The lowest BCUT2D eigenvalue weighted by molar-refractivity contribution is -0.120. The molecular formula is C19H24N2O2S. The number of ether oxygens (including phenoxy) is 1. The van der Waals surface area contributed by atoms with E-state index in [2.05, 4.69) is 43.4 Å². The van der Waals surface area contributed by atoms with Crippen molar-refractivity contribution in [2.45, 2.75) is 31.7 Å². The monoisotopic (exact) mass is 344 g/mol. The molecule has 3 rings (SSSR count). The zero-order valence-electron chi connectivity index (χ0n) is 14.3. The van der Waals surface area contributed by atoms with Crippen LogP contribution in [0.2, 0.25) is 0 Å². The summed E-state index contributed by atoms with van der Waals surface area (Å²) in [5, 5.41) is 5.20. The lowest BCUT2D eigenvalue weighted by Gasteiger charge is -2.10. The number of carbonyl (C=O) groups is 1. The first-order valence-corrected chi connectivity index (χ1v) is 9.45. The molecule has 2 aromatic rings. The second kappa shape index (κ2) is 7.99. The van der Waals surface area contributed by atoms with Crippen molar-refractivity contribution >= 4 is 28.6 Å². The highest BCUT2D eigenvalue weighted by Crippen LogP contribution is 2.24. The van der Waals surface area contributed by atoms with Gasteiger partial charge in [-0.05, 0) is 44.0 Å². The highest BCUT2D eigenvalue weighted by Gasteiger charge is 2.16. The molecule has 128 valence electrons. The number of aryl methyl sites for hydroxylation is 2. The number of nitrogens with zero attached hydrogens (tertiary/aromatic N) is 1. The maximum Gasteiger partial charge on any atom is 0.220 e. The number of aromatic nitrogens is 1. The molecule has 0 radical (unpaired) electrons. The molecule has 1 N–H and O–H groups in total. The fourth-order valence-electron chi connectivity index (χ4n) is 2.89. The van der Waals surface area contributed by atoms with Gasteiger partial charge in [0.25, 0.3) is 0 Å². The van der Waals surface area contributed by atoms with E-state index in [9.17, 15) is 4.79 Å². The molecule has 4 nitrogen and oxygen atoms in total. The third-order valence-electron chi connectivity index (χ3n) is 4.34. The molecule has 0 unspecified atom stereocenters. The number of pyridine rings is 1. The van der Waals surface area contributed by atoms with Gasteiger partial charge in [0.05, 0.1) is 17.1 Å².